The van der Waals surface area contributed by atoms with Crippen LogP contribution in [0.2, 0.25) is 6.04 Å². The van der Waals surface area contributed by atoms with Crippen LogP contribution in [0.3, 0.4) is 0 Å². The van der Waals surface area contributed by atoms with Gasteiger partial charge in [0.05, 0.1) is 0 Å². The summed E-state index contributed by atoms with van der Waals surface area (Å²) < 4.78 is 0.506. The molecule has 0 nitrogen and oxygen atoms in total. The monoisotopic (exact) mass is 487 g/mol. The van der Waals surface area contributed by atoms with E-state index >= 15 is 0 Å². The van der Waals surface area contributed by atoms with Crippen LogP contribution in [0.25, 0.3) is 16.3 Å². The third-order valence-electron chi connectivity index (χ3n) is 6.64. The van der Waals surface area contributed by atoms with Gasteiger partial charge in [0.1, 0.15) is 0 Å². The van der Waals surface area contributed by atoms with Crippen LogP contribution in [0.1, 0.15) is 44.9 Å². The Kier molecular flexibility index (Phi) is 5.48. The van der Waals surface area contributed by atoms with E-state index in [0.29, 0.717) is 10.1 Å². The number of benzene rings is 3. The number of fused-ring (bicyclic) bond motifs is 5. The van der Waals surface area contributed by atoms with Crippen LogP contribution < -0.4 is 24.8 Å². The molecule has 0 saturated heterocycles. The molecule has 1 heterocycles. The van der Waals surface area contributed by atoms with Crippen molar-refractivity contribution in [2.75, 3.05) is 0 Å². The smallest absolute Gasteiger partial charge is 1.00 e. The van der Waals surface area contributed by atoms with Gasteiger partial charge in [0.25, 0.3) is 0 Å². The van der Waals surface area contributed by atoms with Crippen LogP contribution >= 0.6 is 11.1 Å². The van der Waals surface area contributed by atoms with Crippen molar-refractivity contribution in [3.63, 3.8) is 0 Å². The molecule has 0 saturated carbocycles. The van der Waals surface area contributed by atoms with Crippen LogP contribution in [-0.4, -0.2) is 7.38 Å². The average Bonchev–Trinajstić information content (AvgIpc) is 3.02. The molecule has 0 spiro atoms. The molecule has 3 aromatic rings. The molecule has 143 valence electrons. The Hall–Kier alpha value is -0.799. The van der Waals surface area contributed by atoms with Gasteiger partial charge in [-0.05, 0) is 0 Å². The second kappa shape index (κ2) is 7.41. The van der Waals surface area contributed by atoms with Gasteiger partial charge in [-0.1, -0.05) is 0 Å². The molecule has 0 amide bonds. The molecular formula is C24H18Cl3SiTi. The summed E-state index contributed by atoms with van der Waals surface area (Å²) in [6.45, 7) is 2.27. The number of hydrogen-bond acceptors (Lipinski definition) is 0. The Morgan fingerprint density at radius 3 is 1.90 bits per heavy atom. The fourth-order valence-electron chi connectivity index (χ4n) is 5.40. The van der Waals surface area contributed by atoms with Crippen molar-refractivity contribution in [3.8, 4) is 11.1 Å². The Balaban J connectivity index is 0.00000102. The normalized spacial score (nSPS) is 22.8. The topological polar surface area (TPSA) is 0 Å². The molecule has 0 aromatic heterocycles. The zero-order valence-electron chi connectivity index (χ0n) is 15.8. The third-order valence-corrected chi connectivity index (χ3v) is 13.4. The van der Waals surface area contributed by atoms with Gasteiger partial charge in [0, 0.05) is 0 Å². The van der Waals surface area contributed by atoms with Crippen LogP contribution in [0, 0.1) is 0 Å². The molecule has 3 aromatic carbocycles. The van der Waals surface area contributed by atoms with Crippen LogP contribution in [0.15, 0.2) is 71.9 Å². The summed E-state index contributed by atoms with van der Waals surface area (Å²) in [5, 5.41) is 3.17. The van der Waals surface area contributed by atoms with E-state index in [4.69, 9.17) is 11.1 Å². The van der Waals surface area contributed by atoms with E-state index < -0.39 is 7.38 Å². The van der Waals surface area contributed by atoms with Gasteiger partial charge in [-0.25, -0.2) is 0 Å². The summed E-state index contributed by atoms with van der Waals surface area (Å²) >= 11 is 9.52. The number of hydrogen-bond donors (Lipinski definition) is 0. The third kappa shape index (κ3) is 2.69. The Bertz CT molecular complexity index is 1130. The van der Waals surface area contributed by atoms with Crippen molar-refractivity contribution in [2.24, 2.45) is 0 Å². The maximum Gasteiger partial charge on any atom is -1.00 e. The molecule has 5 heteroatoms. The predicted octanol–water partition coefficient (Wildman–Crippen LogP) is 0.507. The molecule has 0 bridgehead atoms. The van der Waals surface area contributed by atoms with Crippen molar-refractivity contribution in [1.29, 1.82) is 0 Å². The van der Waals surface area contributed by atoms with E-state index in [1.165, 1.54) is 38.9 Å². The van der Waals surface area contributed by atoms with Gasteiger partial charge in [-0.15, -0.1) is 0 Å². The number of halogens is 3. The summed E-state index contributed by atoms with van der Waals surface area (Å²) in [6, 6.07) is 25.9. The first-order valence-corrected chi connectivity index (χ1v) is 13.8. The summed E-state index contributed by atoms with van der Waals surface area (Å²) in [5.41, 5.74) is 10.1. The maximum atomic E-state index is 7.16. The molecule has 3 aliphatic rings. The zero-order valence-corrected chi connectivity index (χ0v) is 20.7. The first kappa shape index (κ1) is 21.4. The van der Waals surface area contributed by atoms with Crippen molar-refractivity contribution < 1.29 is 45.2 Å². The van der Waals surface area contributed by atoms with Crippen molar-refractivity contribution in [1.82, 2.24) is 0 Å². The molecule has 2 unspecified atom stereocenters. The van der Waals surface area contributed by atoms with E-state index in [0.717, 1.165) is 6.04 Å². The molecule has 6 rings (SSSR count). The molecule has 0 radical (unpaired) electrons. The Morgan fingerprint density at radius 1 is 0.793 bits per heavy atom. The predicted molar refractivity (Wildman–Crippen MR) is 111 cm³/mol. The van der Waals surface area contributed by atoms with E-state index in [2.05, 4.69) is 94.1 Å². The average molecular weight is 489 g/mol. The van der Waals surface area contributed by atoms with Crippen molar-refractivity contribution >= 4 is 23.7 Å². The van der Waals surface area contributed by atoms with Gasteiger partial charge in [-0.2, -0.15) is 0 Å². The first-order chi connectivity index (χ1) is 13.2. The van der Waals surface area contributed by atoms with Gasteiger partial charge in [0.2, 0.25) is 0 Å². The molecule has 0 N–H and O–H groups in total. The fourth-order valence-corrected chi connectivity index (χ4v) is 12.5. The van der Waals surface area contributed by atoms with Gasteiger partial charge >= 0.3 is 178 Å². The summed E-state index contributed by atoms with van der Waals surface area (Å²) in [4.78, 5) is 0. The molecule has 1 aliphatic heterocycles. The first-order valence-electron chi connectivity index (χ1n) is 9.63. The van der Waals surface area contributed by atoms with Crippen molar-refractivity contribution in [3.05, 3.63) is 99.7 Å². The summed E-state index contributed by atoms with van der Waals surface area (Å²) in [5.74, 6) is 0.318. The number of allylic oxidation sites excluding steroid dienone is 1. The Morgan fingerprint density at radius 2 is 1.31 bits per heavy atom. The fraction of sp³-hybridized carbons (Fsp3) is 0.167. The van der Waals surface area contributed by atoms with E-state index in [1.54, 1.807) is 10.4 Å². The summed E-state index contributed by atoms with van der Waals surface area (Å²) in [6.07, 6.45) is 0. The van der Waals surface area contributed by atoms with E-state index in [-0.39, 0.29) is 24.8 Å². The van der Waals surface area contributed by atoms with E-state index in [9.17, 15) is 0 Å². The van der Waals surface area contributed by atoms with Crippen LogP contribution in [-0.2, 0) is 20.4 Å². The molecule has 2 atom stereocenters. The second-order valence-electron chi connectivity index (χ2n) is 7.80. The maximum absolute atomic E-state index is 7.16. The van der Waals surface area contributed by atoms with E-state index in [1.807, 2.05) is 0 Å². The molecule has 2 aliphatic carbocycles. The Labute approximate surface area is 201 Å². The second-order valence-corrected chi connectivity index (χ2v) is 14.0. The SMILES string of the molecule is CC[Si]1(Cl)C2=C1[CH]([Ti+2])c1cccc(C3c4ccccc4-c4ccccc43)c12.[Cl-].[Cl-]. The van der Waals surface area contributed by atoms with Crippen molar-refractivity contribution in [2.45, 2.75) is 23.1 Å². The van der Waals surface area contributed by atoms with Gasteiger partial charge in [0.15, 0.2) is 0 Å². The van der Waals surface area contributed by atoms with Gasteiger partial charge < -0.3 is 24.8 Å². The minimum absolute atomic E-state index is 0. The molecule has 0 fully saturated rings. The zero-order chi connectivity index (χ0) is 18.3. The van der Waals surface area contributed by atoms with Crippen LogP contribution in [0.4, 0.5) is 0 Å². The largest absolute Gasteiger partial charge is 1.00 e. The van der Waals surface area contributed by atoms with Gasteiger partial charge in [-0.3, -0.25) is 0 Å². The minimum Gasteiger partial charge on any atom is -1.00 e. The standard InChI is InChI=1S/C24H18ClSi.2ClH.Ti/c1-2-26(25)21-14-15-8-7-13-20(22(15)24(21)26)23-18-11-5-3-9-16(18)17-10-4-6-12-19(17)23;;;/h3-14,23H,2H2,1H3;2*1H;/q;;;+2/p-2. The van der Waals surface area contributed by atoms with Crippen LogP contribution in [0.5, 0.6) is 0 Å². The molecular weight excluding hydrogens is 471 g/mol. The summed E-state index contributed by atoms with van der Waals surface area (Å²) in [7, 11) is -1.80. The number of rotatable bonds is 2. The quantitative estimate of drug-likeness (QED) is 0.285. The minimum atomic E-state index is -1.80. The molecule has 29 heavy (non-hydrogen) atoms.